The number of esters is 1. The first-order valence-electron chi connectivity index (χ1n) is 24.5. The zero-order chi connectivity index (χ0) is 50.8. The zero-order valence-electron chi connectivity index (χ0n) is 40.3. The van der Waals surface area contributed by atoms with Crippen LogP contribution in [0.5, 0.6) is 5.75 Å². The molecule has 4 aliphatic rings. The van der Waals surface area contributed by atoms with Crippen molar-refractivity contribution >= 4 is 46.5 Å². The Morgan fingerprint density at radius 1 is 0.784 bits per heavy atom. The van der Waals surface area contributed by atoms with Crippen LogP contribution < -0.4 is 14.5 Å². The average Bonchev–Trinajstić information content (AvgIpc) is 4.09. The van der Waals surface area contributed by atoms with E-state index in [-0.39, 0.29) is 51.7 Å². The molecule has 3 saturated heterocycles. The smallest absolute Gasteiger partial charge is 0.421 e. The van der Waals surface area contributed by atoms with Gasteiger partial charge in [0, 0.05) is 51.2 Å². The molecular weight excluding hydrogens is 943 g/mol. The molecular formula is C56H51N9O9. The SMILES string of the molecule is COCCOC(=O)N1C(=O)[C@@]2(c3cc(C#CCn4nnc5ccccc54)ccc31)[C@H](c1ccc(OCCO)cc1)N1[C@H](c3ccccc3)[C@H](c3ccccc3)OC(=O)[C@H]1[C@@H]2C(=O)N1CCN(c2ncccn2)CC1. The van der Waals surface area contributed by atoms with Gasteiger partial charge >= 0.3 is 12.1 Å². The number of aliphatic hydroxyl groups excluding tert-OH is 1. The van der Waals surface area contributed by atoms with Crippen LogP contribution in [-0.4, -0.2) is 130 Å². The minimum Gasteiger partial charge on any atom is -0.491 e. The van der Waals surface area contributed by atoms with Gasteiger partial charge in [-0.05, 0) is 70.8 Å². The summed E-state index contributed by atoms with van der Waals surface area (Å²) < 4.78 is 25.2. The molecule has 5 aromatic carbocycles. The molecule has 6 atom stereocenters. The predicted octanol–water partition coefficient (Wildman–Crippen LogP) is 5.44. The molecule has 74 heavy (non-hydrogen) atoms. The summed E-state index contributed by atoms with van der Waals surface area (Å²) in [5, 5.41) is 18.3. The minimum absolute atomic E-state index is 0.0325. The lowest BCUT2D eigenvalue weighted by molar-refractivity contribution is -0.179. The Morgan fingerprint density at radius 3 is 2.23 bits per heavy atom. The predicted molar refractivity (Wildman–Crippen MR) is 269 cm³/mol. The number of cyclic esters (lactones) is 1. The van der Waals surface area contributed by atoms with Crippen molar-refractivity contribution in [3.8, 4) is 17.6 Å². The highest BCUT2D eigenvalue weighted by molar-refractivity contribution is 6.23. The number of benzene rings is 5. The number of imide groups is 1. The van der Waals surface area contributed by atoms with E-state index in [1.165, 1.54) is 7.11 Å². The number of amides is 3. The van der Waals surface area contributed by atoms with Gasteiger partial charge in [0.2, 0.25) is 17.8 Å². The first kappa shape index (κ1) is 47.8. The number of hydrogen-bond donors (Lipinski definition) is 1. The summed E-state index contributed by atoms with van der Waals surface area (Å²) in [7, 11) is 1.47. The van der Waals surface area contributed by atoms with Crippen LogP contribution in [0.3, 0.4) is 0 Å². The molecule has 7 aromatic rings. The third kappa shape index (κ3) is 8.43. The molecule has 11 rings (SSSR count). The average molecular weight is 994 g/mol. The molecule has 0 unspecified atom stereocenters. The van der Waals surface area contributed by atoms with Crippen molar-refractivity contribution in [2.75, 3.05) is 69.5 Å². The molecule has 3 fully saturated rings. The molecule has 0 radical (unpaired) electrons. The number of morpholine rings is 1. The van der Waals surface area contributed by atoms with Crippen LogP contribution in [0.4, 0.5) is 16.4 Å². The van der Waals surface area contributed by atoms with Crippen LogP contribution in [0.2, 0.25) is 0 Å². The number of carbonyl (C=O) groups excluding carboxylic acids is 4. The summed E-state index contributed by atoms with van der Waals surface area (Å²) in [5.41, 5.74) is 2.41. The Hall–Kier alpha value is -8.50. The minimum atomic E-state index is -2.04. The molecule has 0 bridgehead atoms. The van der Waals surface area contributed by atoms with Gasteiger partial charge in [0.1, 0.15) is 48.6 Å². The Kier molecular flexibility index (Phi) is 13.3. The largest absolute Gasteiger partial charge is 0.491 e. The van der Waals surface area contributed by atoms with Gasteiger partial charge in [-0.15, -0.1) is 5.10 Å². The van der Waals surface area contributed by atoms with Gasteiger partial charge in [0.05, 0.1) is 42.4 Å². The third-order valence-corrected chi connectivity index (χ3v) is 14.3. The molecule has 1 N–H and O–H groups in total. The first-order chi connectivity index (χ1) is 36.3. The fourth-order valence-corrected chi connectivity index (χ4v) is 11.2. The fourth-order valence-electron chi connectivity index (χ4n) is 11.2. The normalized spacial score (nSPS) is 22.2. The first-order valence-corrected chi connectivity index (χ1v) is 24.5. The van der Waals surface area contributed by atoms with Crippen molar-refractivity contribution in [3.05, 3.63) is 174 Å². The number of anilines is 2. The number of piperazine rings is 1. The number of fused-ring (bicyclic) bond motifs is 4. The van der Waals surface area contributed by atoms with E-state index in [0.29, 0.717) is 52.6 Å². The molecule has 1 spiro atoms. The van der Waals surface area contributed by atoms with E-state index >= 15 is 14.4 Å². The molecule has 18 nitrogen and oxygen atoms in total. The second kappa shape index (κ2) is 20.5. The van der Waals surface area contributed by atoms with Crippen LogP contribution in [-0.2, 0) is 40.6 Å². The summed E-state index contributed by atoms with van der Waals surface area (Å²) >= 11 is 0. The van der Waals surface area contributed by atoms with Gasteiger partial charge < -0.3 is 33.9 Å². The van der Waals surface area contributed by atoms with Gasteiger partial charge in [0.15, 0.2) is 0 Å². The maximum atomic E-state index is 16.6. The van der Waals surface area contributed by atoms with Crippen LogP contribution in [0, 0.1) is 17.8 Å². The van der Waals surface area contributed by atoms with Crippen molar-refractivity contribution in [1.82, 2.24) is 34.8 Å². The standard InChI is InChI=1S/C56H51N9O9/c1-71-34-35-73-55(70)64-44-24-19-37(12-10-27-63-45-18-9-8-17-43(45)59-60-63)36-42(44)56(53(64)69)46(51(67)61-28-30-62(31-29-61)54-57-25-11-26-58-54)48-52(68)74-49(39-15-6-3-7-16-39)47(38-13-4-2-5-14-38)65(48)50(56)40-20-22-41(23-21-40)72-33-32-66/h2-9,11,13-26,36,46-50,66H,27-35H2,1H3/t46-,47-,48-,49+,50+,56-/m1/s1. The summed E-state index contributed by atoms with van der Waals surface area (Å²) in [6.45, 7) is 0.995. The summed E-state index contributed by atoms with van der Waals surface area (Å²) in [5.74, 6) is 3.99. The highest BCUT2D eigenvalue weighted by atomic mass is 16.6. The number of methoxy groups -OCH3 is 1. The van der Waals surface area contributed by atoms with Gasteiger partial charge in [-0.2, -0.15) is 0 Å². The number of rotatable bonds is 12. The lowest BCUT2D eigenvalue weighted by atomic mass is 9.65. The van der Waals surface area contributed by atoms with Gasteiger partial charge in [-0.3, -0.25) is 19.3 Å². The molecule has 18 heteroatoms. The van der Waals surface area contributed by atoms with E-state index in [1.54, 1.807) is 70.5 Å². The van der Waals surface area contributed by atoms with Gasteiger partial charge in [-0.1, -0.05) is 102 Å². The Labute approximate surface area is 426 Å². The number of para-hydroxylation sites is 1. The van der Waals surface area contributed by atoms with Crippen molar-refractivity contribution in [2.24, 2.45) is 5.92 Å². The number of aromatic nitrogens is 5. The van der Waals surface area contributed by atoms with Crippen molar-refractivity contribution < 1.29 is 43.2 Å². The molecule has 4 aliphatic heterocycles. The molecule has 0 aliphatic carbocycles. The molecule has 3 amide bonds. The van der Waals surface area contributed by atoms with Gasteiger partial charge in [0.25, 0.3) is 0 Å². The lowest BCUT2D eigenvalue weighted by Gasteiger charge is -2.46. The number of hydrogen-bond acceptors (Lipinski definition) is 15. The molecule has 374 valence electrons. The molecule has 2 aromatic heterocycles. The monoisotopic (exact) mass is 993 g/mol. The zero-order valence-corrected chi connectivity index (χ0v) is 40.3. The van der Waals surface area contributed by atoms with E-state index in [0.717, 1.165) is 16.0 Å². The van der Waals surface area contributed by atoms with Gasteiger partial charge in [-0.25, -0.2) is 24.3 Å². The van der Waals surface area contributed by atoms with E-state index < -0.39 is 59.4 Å². The highest BCUT2D eigenvalue weighted by Gasteiger charge is 2.76. The van der Waals surface area contributed by atoms with Crippen LogP contribution in [0.25, 0.3) is 11.0 Å². The summed E-state index contributed by atoms with van der Waals surface area (Å²) in [6, 6.07) is 37.1. The van der Waals surface area contributed by atoms with Crippen molar-refractivity contribution in [3.63, 3.8) is 0 Å². The van der Waals surface area contributed by atoms with E-state index in [9.17, 15) is 9.90 Å². The Bertz CT molecular complexity index is 3250. The number of aliphatic hydroxyl groups is 1. The summed E-state index contributed by atoms with van der Waals surface area (Å²) in [6.07, 6.45) is 1.42. The van der Waals surface area contributed by atoms with E-state index in [4.69, 9.17) is 18.9 Å². The van der Waals surface area contributed by atoms with Crippen LogP contribution in [0.1, 0.15) is 46.0 Å². The van der Waals surface area contributed by atoms with Crippen molar-refractivity contribution in [1.29, 1.82) is 0 Å². The third-order valence-electron chi connectivity index (χ3n) is 14.3. The van der Waals surface area contributed by atoms with Crippen LogP contribution in [0.15, 0.2) is 146 Å². The maximum absolute atomic E-state index is 16.6. The fraction of sp³-hybridized carbons (Fsp3) is 0.286. The number of carbonyl (C=O) groups is 4. The Morgan fingerprint density at radius 2 is 1.50 bits per heavy atom. The maximum Gasteiger partial charge on any atom is 0.421 e. The lowest BCUT2D eigenvalue weighted by Crippen LogP contribution is -2.59. The number of ether oxygens (including phenoxy) is 4. The van der Waals surface area contributed by atoms with Crippen LogP contribution >= 0.6 is 0 Å². The molecule has 0 saturated carbocycles. The van der Waals surface area contributed by atoms with E-state index in [2.05, 4.69) is 32.1 Å². The topological polar surface area (TPSA) is 195 Å². The Balaban J connectivity index is 1.15. The number of nitrogens with zero attached hydrogens (tertiary/aromatic N) is 9. The quantitative estimate of drug-likeness (QED) is 0.0923. The second-order valence-electron chi connectivity index (χ2n) is 18.3. The van der Waals surface area contributed by atoms with E-state index in [1.807, 2.05) is 94.7 Å². The summed E-state index contributed by atoms with van der Waals surface area (Å²) in [4.78, 5) is 78.8. The molecule has 6 heterocycles. The second-order valence-corrected chi connectivity index (χ2v) is 18.3. The highest BCUT2D eigenvalue weighted by Crippen LogP contribution is 2.66. The van der Waals surface area contributed by atoms with Crippen molar-refractivity contribution in [2.45, 2.75) is 36.2 Å².